The number of morpholine rings is 1. The minimum absolute atomic E-state index is 0.150. The van der Waals surface area contributed by atoms with Gasteiger partial charge < -0.3 is 15.8 Å². The maximum absolute atomic E-state index is 6.04. The van der Waals surface area contributed by atoms with Crippen molar-refractivity contribution in [3.63, 3.8) is 0 Å². The van der Waals surface area contributed by atoms with E-state index in [2.05, 4.69) is 56.7 Å². The van der Waals surface area contributed by atoms with E-state index in [1.165, 1.54) is 0 Å². The molecule has 2 atom stereocenters. The number of ether oxygens (including phenoxy) is 1. The van der Waals surface area contributed by atoms with Crippen LogP contribution in [0.25, 0.3) is 0 Å². The van der Waals surface area contributed by atoms with Crippen LogP contribution in [0.4, 0.5) is 0 Å². The summed E-state index contributed by atoms with van der Waals surface area (Å²) in [7, 11) is 0. The average molecular weight is 407 g/mol. The van der Waals surface area contributed by atoms with E-state index < -0.39 is 0 Å². The van der Waals surface area contributed by atoms with Gasteiger partial charge in [0, 0.05) is 66.9 Å². The Morgan fingerprint density at radius 3 is 2.04 bits per heavy atom. The lowest BCUT2D eigenvalue weighted by Crippen LogP contribution is -2.64. The topological polar surface area (TPSA) is 53.8 Å². The molecule has 1 aliphatic rings. The fraction of sp³-hybridized carbons (Fsp3) is 1.00. The van der Waals surface area contributed by atoms with Crippen LogP contribution >= 0.6 is 25.3 Å². The molecule has 2 unspecified atom stereocenters. The van der Waals surface area contributed by atoms with Crippen molar-refractivity contribution in [3.8, 4) is 0 Å². The van der Waals surface area contributed by atoms with Crippen molar-refractivity contribution in [1.82, 2.24) is 15.1 Å². The first-order valence-electron chi connectivity index (χ1n) is 9.90. The Balaban J connectivity index is 3.08. The normalized spacial score (nSPS) is 20.0. The zero-order valence-electron chi connectivity index (χ0n) is 17.7. The zero-order chi connectivity index (χ0) is 20.0. The highest BCUT2D eigenvalue weighted by atomic mass is 32.1. The smallest absolute Gasteiger partial charge is 0.0594 e. The number of hydrogen-bond acceptors (Lipinski definition) is 7. The van der Waals surface area contributed by atoms with E-state index in [9.17, 15) is 0 Å². The number of nitrogens with two attached hydrogens (primary N) is 1. The molecule has 0 amide bonds. The molecule has 7 heteroatoms. The van der Waals surface area contributed by atoms with Crippen molar-refractivity contribution in [1.29, 1.82) is 0 Å². The number of thiol groups is 2. The molecule has 0 aromatic heterocycles. The molecule has 1 saturated heterocycles. The van der Waals surface area contributed by atoms with Crippen LogP contribution in [0.15, 0.2) is 0 Å². The molecule has 1 aliphatic heterocycles. The Hall–Kier alpha value is 0.500. The number of hydrogen-bond donors (Lipinski definition) is 4. The van der Waals surface area contributed by atoms with Crippen LogP contribution < -0.4 is 11.1 Å². The molecular weight excluding hydrogens is 364 g/mol. The fourth-order valence-electron chi connectivity index (χ4n) is 3.56. The van der Waals surface area contributed by atoms with Gasteiger partial charge in [0.05, 0.1) is 13.2 Å². The maximum Gasteiger partial charge on any atom is 0.0594 e. The molecule has 0 bridgehead atoms. The highest BCUT2D eigenvalue weighted by molar-refractivity contribution is 7.82. The van der Waals surface area contributed by atoms with Crippen molar-refractivity contribution < 1.29 is 4.74 Å². The van der Waals surface area contributed by atoms with Crippen molar-refractivity contribution in [2.45, 2.75) is 69.2 Å². The third kappa shape index (κ3) is 8.25. The van der Waals surface area contributed by atoms with E-state index in [-0.39, 0.29) is 21.6 Å². The summed E-state index contributed by atoms with van der Waals surface area (Å²) in [6, 6.07) is 0.974. The summed E-state index contributed by atoms with van der Waals surface area (Å²) in [5.74, 6) is 0. The molecule has 1 heterocycles. The standard InChI is InChI=1S/C19H42N4OS2/c1-15(2)21-13-16(18(3,4)25)23(8-7-20)17(19(5,6)26)14-22-9-11-24-12-10-22/h15-17,21,25-26H,7-14,20H2,1-6H3. The van der Waals surface area contributed by atoms with Crippen molar-refractivity contribution in [2.24, 2.45) is 5.73 Å². The van der Waals surface area contributed by atoms with Gasteiger partial charge in [-0.25, -0.2) is 0 Å². The molecule has 156 valence electrons. The third-order valence-electron chi connectivity index (χ3n) is 5.07. The minimum atomic E-state index is -0.153. The molecule has 3 N–H and O–H groups in total. The second-order valence-electron chi connectivity index (χ2n) is 8.84. The number of rotatable bonds is 11. The van der Waals surface area contributed by atoms with Gasteiger partial charge in [-0.05, 0) is 27.7 Å². The van der Waals surface area contributed by atoms with Crippen LogP contribution in [0.3, 0.4) is 0 Å². The maximum atomic E-state index is 6.04. The molecule has 0 saturated carbocycles. The van der Waals surface area contributed by atoms with Gasteiger partial charge in [-0.3, -0.25) is 9.80 Å². The van der Waals surface area contributed by atoms with Gasteiger partial charge in [0.2, 0.25) is 0 Å². The fourth-order valence-corrected chi connectivity index (χ4v) is 4.03. The van der Waals surface area contributed by atoms with Gasteiger partial charge in [0.25, 0.3) is 0 Å². The van der Waals surface area contributed by atoms with Gasteiger partial charge in [0.15, 0.2) is 0 Å². The van der Waals surface area contributed by atoms with E-state index in [4.69, 9.17) is 35.7 Å². The lowest BCUT2D eigenvalue weighted by molar-refractivity contribution is 0.00843. The van der Waals surface area contributed by atoms with Crippen molar-refractivity contribution >= 4 is 25.3 Å². The second-order valence-corrected chi connectivity index (χ2v) is 11.1. The summed E-state index contributed by atoms with van der Waals surface area (Å²) in [6.45, 7) is 20.1. The lowest BCUT2D eigenvalue weighted by atomic mass is 9.93. The summed E-state index contributed by atoms with van der Waals surface area (Å²) in [6.07, 6.45) is 0. The number of nitrogens with zero attached hydrogens (tertiary/aromatic N) is 2. The second kappa shape index (κ2) is 10.9. The zero-order valence-corrected chi connectivity index (χ0v) is 19.5. The molecule has 1 rings (SSSR count). The largest absolute Gasteiger partial charge is 0.379 e. The minimum Gasteiger partial charge on any atom is -0.379 e. The van der Waals surface area contributed by atoms with Crippen LogP contribution in [-0.4, -0.2) is 89.9 Å². The molecular formula is C19H42N4OS2. The molecule has 0 aromatic carbocycles. The van der Waals surface area contributed by atoms with Gasteiger partial charge in [-0.15, -0.1) is 0 Å². The van der Waals surface area contributed by atoms with Crippen molar-refractivity contribution in [3.05, 3.63) is 0 Å². The van der Waals surface area contributed by atoms with E-state index in [1.54, 1.807) is 0 Å². The van der Waals surface area contributed by atoms with Gasteiger partial charge in [-0.1, -0.05) is 13.8 Å². The summed E-state index contributed by atoms with van der Waals surface area (Å²) < 4.78 is 5.22. The first kappa shape index (κ1) is 24.5. The Labute approximate surface area is 172 Å². The quantitative estimate of drug-likeness (QED) is 0.394. The van der Waals surface area contributed by atoms with Gasteiger partial charge in [-0.2, -0.15) is 25.3 Å². The molecule has 1 fully saturated rings. The monoisotopic (exact) mass is 406 g/mol. The Morgan fingerprint density at radius 1 is 1.08 bits per heavy atom. The van der Waals surface area contributed by atoms with E-state index in [0.717, 1.165) is 45.9 Å². The van der Waals surface area contributed by atoms with Crippen LogP contribution in [0.2, 0.25) is 0 Å². The Kier molecular flexibility index (Phi) is 10.3. The van der Waals surface area contributed by atoms with E-state index >= 15 is 0 Å². The first-order valence-corrected chi connectivity index (χ1v) is 10.8. The summed E-state index contributed by atoms with van der Waals surface area (Å²) in [4.78, 5) is 5.04. The van der Waals surface area contributed by atoms with E-state index in [1.807, 2.05) is 0 Å². The highest BCUT2D eigenvalue weighted by Gasteiger charge is 2.40. The number of nitrogens with one attached hydrogen (secondary N) is 1. The summed E-state index contributed by atoms with van der Waals surface area (Å²) in [5.41, 5.74) is 6.04. The van der Waals surface area contributed by atoms with Crippen LogP contribution in [0.5, 0.6) is 0 Å². The van der Waals surface area contributed by atoms with E-state index in [0.29, 0.717) is 12.6 Å². The lowest BCUT2D eigenvalue weighted by Gasteiger charge is -2.49. The third-order valence-corrected chi connectivity index (χ3v) is 5.67. The molecule has 0 aromatic rings. The summed E-state index contributed by atoms with van der Waals surface area (Å²) in [5, 5.41) is 3.61. The SMILES string of the molecule is CC(C)NCC(N(CCN)C(CN1CCOCC1)C(C)(C)S)C(C)(C)S. The predicted octanol–water partition coefficient (Wildman–Crippen LogP) is 1.73. The Morgan fingerprint density at radius 2 is 1.62 bits per heavy atom. The molecule has 0 radical (unpaired) electrons. The molecule has 5 nitrogen and oxygen atoms in total. The van der Waals surface area contributed by atoms with Crippen LogP contribution in [-0.2, 0) is 4.74 Å². The predicted molar refractivity (Wildman–Crippen MR) is 120 cm³/mol. The van der Waals surface area contributed by atoms with Crippen LogP contribution in [0, 0.1) is 0 Å². The summed E-state index contributed by atoms with van der Waals surface area (Å²) >= 11 is 9.95. The molecule has 0 aliphatic carbocycles. The first-order chi connectivity index (χ1) is 12.0. The van der Waals surface area contributed by atoms with Gasteiger partial charge in [0.1, 0.15) is 0 Å². The molecule has 0 spiro atoms. The van der Waals surface area contributed by atoms with Crippen molar-refractivity contribution in [2.75, 3.05) is 52.5 Å². The Bertz CT molecular complexity index is 390. The highest BCUT2D eigenvalue weighted by Crippen LogP contribution is 2.31. The molecule has 26 heavy (non-hydrogen) atoms. The van der Waals surface area contributed by atoms with Gasteiger partial charge >= 0.3 is 0 Å². The average Bonchev–Trinajstić information content (AvgIpc) is 2.50. The van der Waals surface area contributed by atoms with Crippen LogP contribution in [0.1, 0.15) is 41.5 Å².